The van der Waals surface area contributed by atoms with Crippen LogP contribution in [0, 0.1) is 15.0 Å². The maximum atomic E-state index is 8.27. The molecular formula is C5H3IN2. The summed E-state index contributed by atoms with van der Waals surface area (Å²) < 4.78 is 0.999. The normalized spacial score (nSPS) is 8.50. The monoisotopic (exact) mass is 218 g/mol. The summed E-state index contributed by atoms with van der Waals surface area (Å²) in [4.78, 5) is 2.85. The minimum Gasteiger partial charge on any atom is -0.342 e. The molecule has 0 bridgehead atoms. The fourth-order valence-electron chi connectivity index (χ4n) is 0.434. The molecule has 0 aliphatic rings. The molecule has 0 atom stereocenters. The van der Waals surface area contributed by atoms with Crippen LogP contribution in [0.4, 0.5) is 0 Å². The van der Waals surface area contributed by atoms with Crippen LogP contribution < -0.4 is 0 Å². The lowest BCUT2D eigenvalue weighted by Crippen LogP contribution is -1.69. The summed E-state index contributed by atoms with van der Waals surface area (Å²) in [7, 11) is 0. The number of halogens is 1. The van der Waals surface area contributed by atoms with Crippen LogP contribution in [-0.4, -0.2) is 4.98 Å². The highest BCUT2D eigenvalue weighted by Crippen LogP contribution is 2.01. The average molecular weight is 218 g/mol. The summed E-state index contributed by atoms with van der Waals surface area (Å²) in [6.07, 6.45) is 0. The van der Waals surface area contributed by atoms with E-state index < -0.39 is 0 Å². The second-order valence-electron chi connectivity index (χ2n) is 1.33. The first-order valence-electron chi connectivity index (χ1n) is 2.07. The van der Waals surface area contributed by atoms with Gasteiger partial charge in [0.2, 0.25) is 0 Å². The van der Waals surface area contributed by atoms with E-state index in [9.17, 15) is 0 Å². The van der Waals surface area contributed by atoms with Crippen molar-refractivity contribution in [1.29, 1.82) is 5.26 Å². The van der Waals surface area contributed by atoms with Crippen LogP contribution in [0.1, 0.15) is 5.69 Å². The van der Waals surface area contributed by atoms with Crippen molar-refractivity contribution in [2.75, 3.05) is 0 Å². The first kappa shape index (κ1) is 5.63. The number of nitriles is 1. The van der Waals surface area contributed by atoms with E-state index in [1.165, 1.54) is 0 Å². The molecule has 0 amide bonds. The number of aromatic nitrogens is 1. The maximum absolute atomic E-state index is 8.27. The van der Waals surface area contributed by atoms with Crippen molar-refractivity contribution in [3.8, 4) is 6.07 Å². The van der Waals surface area contributed by atoms with Crippen LogP contribution >= 0.6 is 22.6 Å². The quantitative estimate of drug-likeness (QED) is 0.658. The van der Waals surface area contributed by atoms with E-state index in [1.54, 1.807) is 6.07 Å². The number of H-pyrrole nitrogens is 1. The highest BCUT2D eigenvalue weighted by Gasteiger charge is 1.89. The molecule has 2 nitrogen and oxygen atoms in total. The van der Waals surface area contributed by atoms with Crippen molar-refractivity contribution in [3.63, 3.8) is 0 Å². The van der Waals surface area contributed by atoms with E-state index in [0.29, 0.717) is 5.69 Å². The number of nitrogens with one attached hydrogen (secondary N) is 1. The van der Waals surface area contributed by atoms with Gasteiger partial charge in [0, 0.05) is 0 Å². The van der Waals surface area contributed by atoms with Crippen molar-refractivity contribution in [2.45, 2.75) is 0 Å². The molecule has 0 spiro atoms. The second kappa shape index (κ2) is 2.18. The van der Waals surface area contributed by atoms with E-state index in [2.05, 4.69) is 27.6 Å². The molecule has 0 fully saturated rings. The van der Waals surface area contributed by atoms with Crippen molar-refractivity contribution < 1.29 is 0 Å². The first-order chi connectivity index (χ1) is 3.83. The molecule has 0 saturated carbocycles. The van der Waals surface area contributed by atoms with E-state index in [-0.39, 0.29) is 0 Å². The highest BCUT2D eigenvalue weighted by atomic mass is 127. The largest absolute Gasteiger partial charge is 0.342 e. The molecule has 0 unspecified atom stereocenters. The minimum absolute atomic E-state index is 0.620. The van der Waals surface area contributed by atoms with Gasteiger partial charge in [0.25, 0.3) is 0 Å². The van der Waals surface area contributed by atoms with Crippen LogP contribution in [-0.2, 0) is 0 Å². The van der Waals surface area contributed by atoms with Crippen LogP contribution in [0.2, 0.25) is 0 Å². The summed E-state index contributed by atoms with van der Waals surface area (Å²) in [5.74, 6) is 0. The molecule has 0 radical (unpaired) electrons. The molecule has 3 heteroatoms. The molecule has 1 aromatic heterocycles. The van der Waals surface area contributed by atoms with Crippen molar-refractivity contribution in [2.24, 2.45) is 0 Å². The second-order valence-corrected chi connectivity index (χ2v) is 2.49. The van der Waals surface area contributed by atoms with Gasteiger partial charge in [0.1, 0.15) is 11.8 Å². The number of hydrogen-bond donors (Lipinski definition) is 1. The van der Waals surface area contributed by atoms with E-state index >= 15 is 0 Å². The minimum atomic E-state index is 0.620. The first-order valence-corrected chi connectivity index (χ1v) is 3.15. The van der Waals surface area contributed by atoms with Gasteiger partial charge in [-0.1, -0.05) is 0 Å². The molecule has 1 aromatic rings. The zero-order valence-electron chi connectivity index (χ0n) is 3.98. The number of hydrogen-bond acceptors (Lipinski definition) is 1. The molecule has 0 aliphatic heterocycles. The molecule has 8 heavy (non-hydrogen) atoms. The summed E-state index contributed by atoms with van der Waals surface area (Å²) in [6.45, 7) is 0. The lowest BCUT2D eigenvalue weighted by molar-refractivity contribution is 1.29. The van der Waals surface area contributed by atoms with Gasteiger partial charge in [-0.2, -0.15) is 5.26 Å². The zero-order valence-corrected chi connectivity index (χ0v) is 6.14. The van der Waals surface area contributed by atoms with Crippen molar-refractivity contribution in [1.82, 2.24) is 4.98 Å². The van der Waals surface area contributed by atoms with Gasteiger partial charge >= 0.3 is 0 Å². The van der Waals surface area contributed by atoms with Crippen LogP contribution in [0.3, 0.4) is 0 Å². The fraction of sp³-hybridized carbons (Fsp3) is 0. The lowest BCUT2D eigenvalue weighted by atomic mass is 10.5. The summed E-state index contributed by atoms with van der Waals surface area (Å²) in [6, 6.07) is 5.60. The molecule has 0 aromatic carbocycles. The third-order valence-corrected chi connectivity index (χ3v) is 1.40. The topological polar surface area (TPSA) is 39.6 Å². The molecule has 1 heterocycles. The molecule has 40 valence electrons. The SMILES string of the molecule is N#Cc1ccc(I)[nH]1. The van der Waals surface area contributed by atoms with Gasteiger partial charge in [-0.25, -0.2) is 0 Å². The smallest absolute Gasteiger partial charge is 0.118 e. The van der Waals surface area contributed by atoms with Gasteiger partial charge in [0.15, 0.2) is 0 Å². The van der Waals surface area contributed by atoms with Crippen LogP contribution in [0.15, 0.2) is 12.1 Å². The molecule has 0 saturated heterocycles. The third kappa shape index (κ3) is 1.01. The van der Waals surface area contributed by atoms with E-state index in [1.807, 2.05) is 12.1 Å². The Bertz CT molecular complexity index is 221. The zero-order chi connectivity index (χ0) is 5.98. The van der Waals surface area contributed by atoms with Gasteiger partial charge in [-0.3, -0.25) is 0 Å². The van der Waals surface area contributed by atoms with Crippen molar-refractivity contribution in [3.05, 3.63) is 21.5 Å². The number of nitrogens with zero attached hydrogens (tertiary/aromatic N) is 1. The van der Waals surface area contributed by atoms with Gasteiger partial charge in [-0.05, 0) is 34.7 Å². The summed E-state index contributed by atoms with van der Waals surface area (Å²) in [5, 5.41) is 8.27. The van der Waals surface area contributed by atoms with E-state index in [4.69, 9.17) is 5.26 Å². The van der Waals surface area contributed by atoms with Crippen LogP contribution in [0.5, 0.6) is 0 Å². The fourth-order valence-corrected chi connectivity index (χ4v) is 0.904. The molecule has 0 aliphatic carbocycles. The summed E-state index contributed by atoms with van der Waals surface area (Å²) in [5.41, 5.74) is 0.620. The maximum Gasteiger partial charge on any atom is 0.118 e. The highest BCUT2D eigenvalue weighted by molar-refractivity contribution is 14.1. The predicted molar refractivity (Wildman–Crippen MR) is 38.2 cm³/mol. The number of rotatable bonds is 0. The summed E-state index contributed by atoms with van der Waals surface area (Å²) >= 11 is 2.12. The van der Waals surface area contributed by atoms with Crippen LogP contribution in [0.25, 0.3) is 0 Å². The Morgan fingerprint density at radius 2 is 2.38 bits per heavy atom. The number of aromatic amines is 1. The predicted octanol–water partition coefficient (Wildman–Crippen LogP) is 1.49. The van der Waals surface area contributed by atoms with Gasteiger partial charge < -0.3 is 4.98 Å². The Hall–Kier alpha value is -0.500. The molecule has 1 rings (SSSR count). The third-order valence-electron chi connectivity index (χ3n) is 0.771. The Balaban J connectivity index is 3.05. The standard InChI is InChI=1S/C5H3IN2/c6-5-2-1-4(3-7)8-5/h1-2,8H. The van der Waals surface area contributed by atoms with E-state index in [0.717, 1.165) is 3.70 Å². The van der Waals surface area contributed by atoms with Gasteiger partial charge in [-0.15, -0.1) is 0 Å². The van der Waals surface area contributed by atoms with Crippen molar-refractivity contribution >= 4 is 22.6 Å². The Kier molecular flexibility index (Phi) is 1.53. The Morgan fingerprint density at radius 1 is 1.62 bits per heavy atom. The lowest BCUT2D eigenvalue weighted by Gasteiger charge is -1.73. The van der Waals surface area contributed by atoms with Gasteiger partial charge in [0.05, 0.1) is 3.70 Å². The molecular weight excluding hydrogens is 215 g/mol. The average Bonchev–Trinajstić information content (AvgIpc) is 2.14. The molecule has 1 N–H and O–H groups in total. The Labute approximate surface area is 60.7 Å². The Morgan fingerprint density at radius 3 is 2.62 bits per heavy atom.